The highest BCUT2D eigenvalue weighted by Crippen LogP contribution is 2.29. The highest BCUT2D eigenvalue weighted by molar-refractivity contribution is 5.73. The first-order valence-electron chi connectivity index (χ1n) is 9.96. The molecule has 4 nitrogen and oxygen atoms in total. The van der Waals surface area contributed by atoms with Crippen molar-refractivity contribution in [3.8, 4) is 33.9 Å². The van der Waals surface area contributed by atoms with Crippen LogP contribution in [0.1, 0.15) is 18.3 Å². The Balaban J connectivity index is 1.58. The van der Waals surface area contributed by atoms with Crippen molar-refractivity contribution in [2.75, 3.05) is 7.11 Å². The number of phenols is 1. The number of imidazole rings is 1. The molecule has 0 saturated heterocycles. The third-order valence-corrected chi connectivity index (χ3v) is 5.07. The van der Waals surface area contributed by atoms with Crippen molar-refractivity contribution < 1.29 is 9.84 Å². The smallest absolute Gasteiger partial charge is 0.133 e. The number of rotatable bonds is 6. The Kier molecular flexibility index (Phi) is 5.66. The van der Waals surface area contributed by atoms with Crippen LogP contribution in [0.2, 0.25) is 0 Å². The van der Waals surface area contributed by atoms with Crippen LogP contribution in [0.3, 0.4) is 0 Å². The highest BCUT2D eigenvalue weighted by Gasteiger charge is 2.11. The van der Waals surface area contributed by atoms with Crippen molar-refractivity contribution >= 4 is 12.2 Å². The van der Waals surface area contributed by atoms with E-state index in [4.69, 9.17) is 9.72 Å². The summed E-state index contributed by atoms with van der Waals surface area (Å²) in [5, 5.41) is 9.45. The number of aromatic hydroxyl groups is 1. The van der Waals surface area contributed by atoms with Crippen molar-refractivity contribution in [2.24, 2.45) is 0 Å². The number of nitrogens with zero attached hydrogens (tertiary/aromatic N) is 2. The predicted octanol–water partition coefficient (Wildman–Crippen LogP) is 6.12. The van der Waals surface area contributed by atoms with Crippen LogP contribution in [-0.2, 0) is 6.54 Å². The van der Waals surface area contributed by atoms with E-state index in [9.17, 15) is 5.11 Å². The molecule has 0 atom stereocenters. The fourth-order valence-electron chi connectivity index (χ4n) is 3.41. The molecule has 1 heterocycles. The molecule has 0 saturated carbocycles. The van der Waals surface area contributed by atoms with Gasteiger partial charge in [-0.05, 0) is 54.0 Å². The molecule has 4 heteroatoms. The van der Waals surface area contributed by atoms with Crippen LogP contribution in [0.4, 0.5) is 0 Å². The monoisotopic (exact) mass is 396 g/mol. The Morgan fingerprint density at radius 1 is 0.900 bits per heavy atom. The van der Waals surface area contributed by atoms with Crippen LogP contribution in [0.25, 0.3) is 34.5 Å². The van der Waals surface area contributed by atoms with Crippen LogP contribution < -0.4 is 4.74 Å². The van der Waals surface area contributed by atoms with Gasteiger partial charge in [0, 0.05) is 18.3 Å². The molecule has 4 aromatic rings. The maximum atomic E-state index is 9.45. The Morgan fingerprint density at radius 2 is 1.57 bits per heavy atom. The van der Waals surface area contributed by atoms with Crippen molar-refractivity contribution in [1.29, 1.82) is 0 Å². The first-order chi connectivity index (χ1) is 14.7. The van der Waals surface area contributed by atoms with Crippen LogP contribution >= 0.6 is 0 Å². The SMILES string of the molecule is CCn1cc(-c2ccccc2OC)nc1/C=C/c1ccc(-c2ccc(O)cc2)cc1. The molecule has 0 aliphatic heterocycles. The number of ether oxygens (including phenoxy) is 1. The molecule has 0 bridgehead atoms. The minimum Gasteiger partial charge on any atom is -0.508 e. The van der Waals surface area contributed by atoms with Gasteiger partial charge < -0.3 is 14.4 Å². The van der Waals surface area contributed by atoms with Crippen LogP contribution in [0, 0.1) is 0 Å². The van der Waals surface area contributed by atoms with Crippen LogP contribution in [0.5, 0.6) is 11.5 Å². The lowest BCUT2D eigenvalue weighted by Crippen LogP contribution is -1.94. The lowest BCUT2D eigenvalue weighted by atomic mass is 10.0. The van der Waals surface area contributed by atoms with E-state index < -0.39 is 0 Å². The fraction of sp³-hybridized carbons (Fsp3) is 0.115. The number of methoxy groups -OCH3 is 1. The third kappa shape index (κ3) is 4.13. The molecule has 30 heavy (non-hydrogen) atoms. The van der Waals surface area contributed by atoms with E-state index in [1.165, 1.54) is 0 Å². The van der Waals surface area contributed by atoms with Gasteiger partial charge in [0.1, 0.15) is 17.3 Å². The zero-order valence-corrected chi connectivity index (χ0v) is 17.1. The quantitative estimate of drug-likeness (QED) is 0.427. The summed E-state index contributed by atoms with van der Waals surface area (Å²) >= 11 is 0. The molecule has 0 aliphatic carbocycles. The summed E-state index contributed by atoms with van der Waals surface area (Å²) < 4.78 is 7.61. The minimum absolute atomic E-state index is 0.275. The Bertz CT molecular complexity index is 1160. The highest BCUT2D eigenvalue weighted by atomic mass is 16.5. The predicted molar refractivity (Wildman–Crippen MR) is 122 cm³/mol. The van der Waals surface area contributed by atoms with E-state index in [-0.39, 0.29) is 5.75 Å². The Morgan fingerprint density at radius 3 is 2.23 bits per heavy atom. The number of benzene rings is 3. The summed E-state index contributed by atoms with van der Waals surface area (Å²) in [6, 6.07) is 23.5. The topological polar surface area (TPSA) is 47.3 Å². The van der Waals surface area contributed by atoms with Gasteiger partial charge in [-0.2, -0.15) is 0 Å². The first-order valence-corrected chi connectivity index (χ1v) is 9.96. The second-order valence-electron chi connectivity index (χ2n) is 6.97. The summed E-state index contributed by atoms with van der Waals surface area (Å²) in [5.74, 6) is 2.00. The molecular formula is C26H24N2O2. The van der Waals surface area contributed by atoms with Gasteiger partial charge in [-0.1, -0.05) is 54.6 Å². The number of hydrogen-bond acceptors (Lipinski definition) is 3. The molecule has 1 N–H and O–H groups in total. The zero-order chi connectivity index (χ0) is 20.9. The normalized spacial score (nSPS) is 11.1. The van der Waals surface area contributed by atoms with Gasteiger partial charge in [0.05, 0.1) is 12.8 Å². The number of phenolic OH excluding ortho intramolecular Hbond substituents is 1. The fourth-order valence-corrected chi connectivity index (χ4v) is 3.41. The molecule has 1 aromatic heterocycles. The van der Waals surface area contributed by atoms with E-state index in [1.54, 1.807) is 19.2 Å². The van der Waals surface area contributed by atoms with Crippen molar-refractivity contribution in [3.05, 3.63) is 90.4 Å². The summed E-state index contributed by atoms with van der Waals surface area (Å²) in [4.78, 5) is 4.82. The van der Waals surface area contributed by atoms with E-state index in [1.807, 2.05) is 42.5 Å². The molecule has 0 spiro atoms. The number of aryl methyl sites for hydroxylation is 1. The second-order valence-corrected chi connectivity index (χ2v) is 6.97. The van der Waals surface area contributed by atoms with Gasteiger partial charge in [0.2, 0.25) is 0 Å². The van der Waals surface area contributed by atoms with E-state index >= 15 is 0 Å². The first kappa shape index (κ1) is 19.5. The van der Waals surface area contributed by atoms with Crippen LogP contribution in [0.15, 0.2) is 79.0 Å². The van der Waals surface area contributed by atoms with Gasteiger partial charge in [-0.3, -0.25) is 0 Å². The average Bonchev–Trinajstić information content (AvgIpc) is 3.21. The molecule has 0 fully saturated rings. The maximum absolute atomic E-state index is 9.45. The molecule has 0 unspecified atom stereocenters. The van der Waals surface area contributed by atoms with E-state index in [0.717, 1.165) is 46.1 Å². The summed E-state index contributed by atoms with van der Waals surface area (Å²) in [6.07, 6.45) is 6.17. The maximum Gasteiger partial charge on any atom is 0.133 e. The van der Waals surface area contributed by atoms with Gasteiger partial charge in [-0.15, -0.1) is 0 Å². The minimum atomic E-state index is 0.275. The largest absolute Gasteiger partial charge is 0.508 e. The van der Waals surface area contributed by atoms with Gasteiger partial charge in [-0.25, -0.2) is 4.98 Å². The van der Waals surface area contributed by atoms with Gasteiger partial charge in [0.25, 0.3) is 0 Å². The molecular weight excluding hydrogens is 372 g/mol. The van der Waals surface area contributed by atoms with Crippen molar-refractivity contribution in [3.63, 3.8) is 0 Å². The van der Waals surface area contributed by atoms with Gasteiger partial charge >= 0.3 is 0 Å². The molecule has 0 radical (unpaired) electrons. The van der Waals surface area contributed by atoms with Crippen molar-refractivity contribution in [2.45, 2.75) is 13.5 Å². The Hall–Kier alpha value is -3.79. The Labute approximate surface area is 176 Å². The average molecular weight is 396 g/mol. The number of aromatic nitrogens is 2. The van der Waals surface area contributed by atoms with E-state index in [2.05, 4.69) is 48.0 Å². The zero-order valence-electron chi connectivity index (χ0n) is 17.1. The number of para-hydroxylation sites is 1. The second kappa shape index (κ2) is 8.70. The lowest BCUT2D eigenvalue weighted by Gasteiger charge is -2.04. The lowest BCUT2D eigenvalue weighted by molar-refractivity contribution is 0.416. The van der Waals surface area contributed by atoms with Crippen LogP contribution in [-0.4, -0.2) is 21.8 Å². The molecule has 150 valence electrons. The standard InChI is InChI=1S/C26H24N2O2/c1-3-28-18-24(23-6-4-5-7-25(23)30-2)27-26(28)17-10-19-8-11-20(12-9-19)21-13-15-22(29)16-14-21/h4-18,29H,3H2,1-2H3/b17-10+. The third-order valence-electron chi connectivity index (χ3n) is 5.07. The molecule has 0 aliphatic rings. The molecule has 3 aromatic carbocycles. The number of hydrogen-bond donors (Lipinski definition) is 1. The van der Waals surface area contributed by atoms with Gasteiger partial charge in [0.15, 0.2) is 0 Å². The van der Waals surface area contributed by atoms with Crippen molar-refractivity contribution in [1.82, 2.24) is 9.55 Å². The summed E-state index contributed by atoms with van der Waals surface area (Å²) in [5.41, 5.74) is 5.17. The summed E-state index contributed by atoms with van der Waals surface area (Å²) in [7, 11) is 1.68. The molecule has 4 rings (SSSR count). The summed E-state index contributed by atoms with van der Waals surface area (Å²) in [6.45, 7) is 2.94. The molecule has 0 amide bonds. The van der Waals surface area contributed by atoms with E-state index in [0.29, 0.717) is 0 Å².